The Bertz CT molecular complexity index is 259. The van der Waals surface area contributed by atoms with Crippen molar-refractivity contribution < 1.29 is 9.59 Å². The first kappa shape index (κ1) is 6.64. The lowest BCUT2D eigenvalue weighted by Gasteiger charge is -2.08. The van der Waals surface area contributed by atoms with Crippen LogP contribution in [-0.2, 0) is 4.79 Å². The van der Waals surface area contributed by atoms with E-state index in [2.05, 4.69) is 10.6 Å². The molecule has 1 spiro atoms. The zero-order valence-corrected chi connectivity index (χ0v) is 6.52. The lowest BCUT2D eigenvalue weighted by atomic mass is 10.1. The summed E-state index contributed by atoms with van der Waals surface area (Å²) >= 11 is 0. The minimum Gasteiger partial charge on any atom is -0.323 e. The molecule has 1 heterocycles. The molecule has 1 aliphatic heterocycles. The van der Waals surface area contributed by atoms with Gasteiger partial charge in [-0.2, -0.15) is 0 Å². The third-order valence-electron chi connectivity index (χ3n) is 2.68. The summed E-state index contributed by atoms with van der Waals surface area (Å²) in [6.07, 6.45) is 0.748. The Morgan fingerprint density at radius 1 is 1.36 bits per heavy atom. The number of amides is 3. The normalized spacial score (nSPS) is 38.7. The fourth-order valence-electron chi connectivity index (χ4n) is 1.71. The van der Waals surface area contributed by atoms with Gasteiger partial charge in [0.25, 0.3) is 5.91 Å². The first-order valence-corrected chi connectivity index (χ1v) is 3.62. The lowest BCUT2D eigenvalue weighted by Crippen LogP contribution is -2.36. The Morgan fingerprint density at radius 3 is 2.09 bits per heavy atom. The van der Waals surface area contributed by atoms with E-state index in [0.717, 1.165) is 6.42 Å². The van der Waals surface area contributed by atoms with Gasteiger partial charge in [0.15, 0.2) is 0 Å². The molecule has 1 saturated carbocycles. The highest BCUT2D eigenvalue weighted by atomic mass is 16.2. The van der Waals surface area contributed by atoms with Crippen molar-refractivity contribution in [2.24, 2.45) is 5.41 Å². The van der Waals surface area contributed by atoms with Gasteiger partial charge >= 0.3 is 6.03 Å². The minimum atomic E-state index is -0.579. The third-order valence-corrected chi connectivity index (χ3v) is 2.68. The maximum Gasteiger partial charge on any atom is 0.322 e. The van der Waals surface area contributed by atoms with Crippen LogP contribution < -0.4 is 10.6 Å². The summed E-state index contributed by atoms with van der Waals surface area (Å²) in [5.74, 6) is -0.174. The van der Waals surface area contributed by atoms with Gasteiger partial charge in [0.05, 0.1) is 0 Å². The number of imide groups is 1. The molecule has 2 rings (SSSR count). The van der Waals surface area contributed by atoms with Gasteiger partial charge in [0, 0.05) is 0 Å². The second-order valence-corrected chi connectivity index (χ2v) is 3.87. The molecule has 1 aliphatic carbocycles. The average molecular weight is 154 g/mol. The summed E-state index contributed by atoms with van der Waals surface area (Å²) in [6.45, 7) is 3.94. The Kier molecular flexibility index (Phi) is 0.855. The Hall–Kier alpha value is -1.06. The largest absolute Gasteiger partial charge is 0.323 e. The van der Waals surface area contributed by atoms with Gasteiger partial charge in [-0.15, -0.1) is 0 Å². The molecule has 0 aromatic rings. The van der Waals surface area contributed by atoms with Crippen molar-refractivity contribution >= 4 is 11.9 Å². The monoisotopic (exact) mass is 154 g/mol. The average Bonchev–Trinajstić information content (AvgIpc) is 2.22. The van der Waals surface area contributed by atoms with E-state index in [0.29, 0.717) is 0 Å². The second kappa shape index (κ2) is 1.42. The molecular formula is C7H10N2O2. The molecule has 0 unspecified atom stereocenters. The van der Waals surface area contributed by atoms with Gasteiger partial charge in [-0.3, -0.25) is 10.1 Å². The summed E-state index contributed by atoms with van der Waals surface area (Å²) in [5.41, 5.74) is -0.646. The number of carbonyl (C=O) groups is 2. The molecule has 2 N–H and O–H groups in total. The first-order valence-electron chi connectivity index (χ1n) is 3.62. The third kappa shape index (κ3) is 0.593. The highest BCUT2D eigenvalue weighted by molar-refractivity contribution is 6.09. The van der Waals surface area contributed by atoms with Crippen molar-refractivity contribution in [3.05, 3.63) is 0 Å². The van der Waals surface area contributed by atoms with Gasteiger partial charge in [-0.25, -0.2) is 4.79 Å². The van der Waals surface area contributed by atoms with Gasteiger partial charge in [0.1, 0.15) is 5.54 Å². The zero-order valence-electron chi connectivity index (χ0n) is 6.52. The number of urea groups is 1. The van der Waals surface area contributed by atoms with Crippen molar-refractivity contribution in [2.75, 3.05) is 0 Å². The summed E-state index contributed by atoms with van der Waals surface area (Å²) in [7, 11) is 0. The Balaban J connectivity index is 2.31. The quantitative estimate of drug-likeness (QED) is 0.482. The molecule has 0 aromatic heterocycles. The topological polar surface area (TPSA) is 58.2 Å². The fourth-order valence-corrected chi connectivity index (χ4v) is 1.71. The number of hydrogen-bond donors (Lipinski definition) is 2. The molecule has 4 heteroatoms. The maximum atomic E-state index is 11.2. The van der Waals surface area contributed by atoms with E-state index >= 15 is 0 Å². The van der Waals surface area contributed by atoms with Crippen LogP contribution in [0.4, 0.5) is 4.79 Å². The molecule has 2 fully saturated rings. The number of hydrogen-bond acceptors (Lipinski definition) is 2. The van der Waals surface area contributed by atoms with E-state index in [9.17, 15) is 9.59 Å². The molecule has 4 nitrogen and oxygen atoms in total. The number of nitrogens with one attached hydrogen (secondary N) is 2. The van der Waals surface area contributed by atoms with Gasteiger partial charge < -0.3 is 5.32 Å². The molecule has 3 amide bonds. The number of carbonyl (C=O) groups excluding carboxylic acids is 2. The van der Waals surface area contributed by atoms with Crippen LogP contribution in [0.1, 0.15) is 20.3 Å². The van der Waals surface area contributed by atoms with Crippen LogP contribution in [0.3, 0.4) is 0 Å². The zero-order chi connectivity index (χ0) is 8.28. The van der Waals surface area contributed by atoms with Crippen LogP contribution >= 0.6 is 0 Å². The van der Waals surface area contributed by atoms with E-state index in [1.165, 1.54) is 0 Å². The smallest absolute Gasteiger partial charge is 0.322 e. The van der Waals surface area contributed by atoms with Crippen molar-refractivity contribution in [2.45, 2.75) is 25.8 Å². The van der Waals surface area contributed by atoms with Gasteiger partial charge in [-0.1, -0.05) is 13.8 Å². The van der Waals surface area contributed by atoms with Gasteiger partial charge in [0.2, 0.25) is 0 Å². The molecule has 60 valence electrons. The molecule has 11 heavy (non-hydrogen) atoms. The van der Waals surface area contributed by atoms with Crippen molar-refractivity contribution in [3.63, 3.8) is 0 Å². The van der Waals surface area contributed by atoms with Gasteiger partial charge in [-0.05, 0) is 11.8 Å². The van der Waals surface area contributed by atoms with Crippen LogP contribution in [0.5, 0.6) is 0 Å². The van der Waals surface area contributed by atoms with Crippen molar-refractivity contribution in [1.82, 2.24) is 10.6 Å². The fraction of sp³-hybridized carbons (Fsp3) is 0.714. The second-order valence-electron chi connectivity index (χ2n) is 3.87. The van der Waals surface area contributed by atoms with Crippen LogP contribution in [-0.4, -0.2) is 17.5 Å². The van der Waals surface area contributed by atoms with E-state index < -0.39 is 5.54 Å². The standard InChI is InChI=1S/C7H10N2O2/c1-6(2)3-7(6)4(10)8-5(11)9-7/h3H2,1-2H3,(H2,8,9,10,11)/t7-/m1/s1. The van der Waals surface area contributed by atoms with E-state index in [-0.39, 0.29) is 17.4 Å². The first-order chi connectivity index (χ1) is 4.98. The summed E-state index contributed by atoms with van der Waals surface area (Å²) in [4.78, 5) is 21.9. The molecule has 2 aliphatic rings. The van der Waals surface area contributed by atoms with E-state index in [4.69, 9.17) is 0 Å². The maximum absolute atomic E-state index is 11.2. The van der Waals surface area contributed by atoms with E-state index in [1.807, 2.05) is 13.8 Å². The molecule has 0 aromatic carbocycles. The number of rotatable bonds is 0. The lowest BCUT2D eigenvalue weighted by molar-refractivity contribution is -0.121. The van der Waals surface area contributed by atoms with Crippen molar-refractivity contribution in [3.8, 4) is 0 Å². The van der Waals surface area contributed by atoms with Crippen LogP contribution in [0.25, 0.3) is 0 Å². The predicted molar refractivity (Wildman–Crippen MR) is 37.8 cm³/mol. The van der Waals surface area contributed by atoms with E-state index in [1.54, 1.807) is 0 Å². The molecule has 0 radical (unpaired) electrons. The summed E-state index contributed by atoms with van der Waals surface area (Å²) in [5, 5.41) is 4.88. The summed E-state index contributed by atoms with van der Waals surface area (Å²) in [6, 6.07) is -0.361. The Morgan fingerprint density at radius 2 is 1.91 bits per heavy atom. The molecule has 1 atom stereocenters. The van der Waals surface area contributed by atoms with Crippen LogP contribution in [0.2, 0.25) is 0 Å². The Labute approximate surface area is 64.3 Å². The summed E-state index contributed by atoms with van der Waals surface area (Å²) < 4.78 is 0. The van der Waals surface area contributed by atoms with Crippen molar-refractivity contribution in [1.29, 1.82) is 0 Å². The minimum absolute atomic E-state index is 0.0662. The van der Waals surface area contributed by atoms with Crippen LogP contribution in [0, 0.1) is 5.41 Å². The highest BCUT2D eigenvalue weighted by Gasteiger charge is 2.70. The SMILES string of the molecule is CC1(C)C[C@]12NC(=O)NC2=O. The predicted octanol–water partition coefficient (Wildman–Crippen LogP) is -0.00550. The molecule has 1 saturated heterocycles. The molecular weight excluding hydrogens is 144 g/mol. The molecule has 0 bridgehead atoms. The highest BCUT2D eigenvalue weighted by Crippen LogP contribution is 2.56. The van der Waals surface area contributed by atoms with Crippen LogP contribution in [0.15, 0.2) is 0 Å².